The molecule has 0 aliphatic rings. The summed E-state index contributed by atoms with van der Waals surface area (Å²) in [6.45, 7) is 7.53. The van der Waals surface area contributed by atoms with Crippen molar-refractivity contribution in [2.24, 2.45) is 5.92 Å². The van der Waals surface area contributed by atoms with Crippen molar-refractivity contribution in [2.75, 3.05) is 0 Å². The minimum atomic E-state index is -0.435. The number of carbonyl (C=O) groups excluding carboxylic acids is 1. The first-order chi connectivity index (χ1) is 15.3. The number of amides is 1. The zero-order valence-corrected chi connectivity index (χ0v) is 18.7. The van der Waals surface area contributed by atoms with Gasteiger partial charge in [0, 0.05) is 42.7 Å². The number of rotatable bonds is 9. The first-order valence-electron chi connectivity index (χ1n) is 10.8. The van der Waals surface area contributed by atoms with Crippen LogP contribution in [0, 0.1) is 16.0 Å². The number of aromatic nitrogens is 1. The summed E-state index contributed by atoms with van der Waals surface area (Å²) in [6.07, 6.45) is 5.29. The summed E-state index contributed by atoms with van der Waals surface area (Å²) in [5.74, 6) is 0.210. The monoisotopic (exact) mass is 431 g/mol. The highest BCUT2D eigenvalue weighted by Crippen LogP contribution is 2.18. The van der Waals surface area contributed by atoms with Crippen LogP contribution in [0.1, 0.15) is 37.6 Å². The molecule has 1 aromatic heterocycles. The number of non-ortho nitro benzene ring substituents is 1. The first kappa shape index (κ1) is 23.0. The van der Waals surface area contributed by atoms with Crippen molar-refractivity contribution in [2.45, 2.75) is 39.9 Å². The number of nitro benzene ring substituents is 1. The van der Waals surface area contributed by atoms with Gasteiger partial charge in [-0.15, -0.1) is 0 Å². The van der Waals surface area contributed by atoms with Crippen molar-refractivity contribution < 1.29 is 9.72 Å². The molecule has 0 saturated heterocycles. The van der Waals surface area contributed by atoms with Crippen LogP contribution < -0.4 is 0 Å². The fraction of sp³-hybridized carbons (Fsp3) is 0.269. The second kappa shape index (κ2) is 10.6. The maximum Gasteiger partial charge on any atom is 0.269 e. The Morgan fingerprint density at radius 3 is 2.34 bits per heavy atom. The number of benzene rings is 2. The van der Waals surface area contributed by atoms with Crippen molar-refractivity contribution in [1.29, 1.82) is 0 Å². The lowest BCUT2D eigenvalue weighted by molar-refractivity contribution is -0.384. The summed E-state index contributed by atoms with van der Waals surface area (Å²) in [6, 6.07) is 20.5. The Kier molecular flexibility index (Phi) is 7.60. The number of hydrogen-bond donors (Lipinski definition) is 0. The van der Waals surface area contributed by atoms with E-state index in [0.29, 0.717) is 12.5 Å². The topological polar surface area (TPSA) is 68.4 Å². The minimum Gasteiger partial charge on any atom is -0.345 e. The van der Waals surface area contributed by atoms with Crippen LogP contribution in [0.15, 0.2) is 79.0 Å². The van der Waals surface area contributed by atoms with Gasteiger partial charge in [0.15, 0.2) is 0 Å². The molecule has 6 heteroatoms. The van der Waals surface area contributed by atoms with E-state index in [-0.39, 0.29) is 17.6 Å². The highest BCUT2D eigenvalue weighted by molar-refractivity contribution is 5.92. The molecule has 32 heavy (non-hydrogen) atoms. The first-order valence-corrected chi connectivity index (χ1v) is 10.8. The molecule has 1 unspecified atom stereocenters. The Labute approximate surface area is 188 Å². The molecule has 0 aliphatic carbocycles. The smallest absolute Gasteiger partial charge is 0.269 e. The molecular formula is C26H29N3O3. The SMILES string of the molecule is CC(C)C(C)N(Cc1cccn1Cc1ccccc1)C(=O)/C=C/c1ccc([N+](=O)[O-])cc1. The third-order valence-corrected chi connectivity index (χ3v) is 5.71. The van der Waals surface area contributed by atoms with E-state index in [9.17, 15) is 14.9 Å². The molecule has 0 aliphatic heterocycles. The Morgan fingerprint density at radius 1 is 1.03 bits per heavy atom. The molecular weight excluding hydrogens is 402 g/mol. The second-order valence-corrected chi connectivity index (χ2v) is 8.25. The maximum atomic E-state index is 13.2. The molecule has 0 fully saturated rings. The molecule has 0 saturated carbocycles. The zero-order valence-electron chi connectivity index (χ0n) is 18.7. The molecule has 3 aromatic rings. The van der Waals surface area contributed by atoms with Gasteiger partial charge in [0.05, 0.1) is 11.5 Å². The van der Waals surface area contributed by atoms with Gasteiger partial charge >= 0.3 is 0 Å². The van der Waals surface area contributed by atoms with Gasteiger partial charge in [-0.2, -0.15) is 0 Å². The van der Waals surface area contributed by atoms with Gasteiger partial charge in [0.1, 0.15) is 0 Å². The van der Waals surface area contributed by atoms with Gasteiger partial charge in [0.25, 0.3) is 5.69 Å². The molecule has 0 N–H and O–H groups in total. The molecule has 0 bridgehead atoms. The Bertz CT molecular complexity index is 1070. The van der Waals surface area contributed by atoms with Crippen molar-refractivity contribution in [3.8, 4) is 0 Å². The predicted octanol–water partition coefficient (Wildman–Crippen LogP) is 5.53. The van der Waals surface area contributed by atoms with Crippen molar-refractivity contribution in [3.05, 3.63) is 106 Å². The molecule has 6 nitrogen and oxygen atoms in total. The largest absolute Gasteiger partial charge is 0.345 e. The fourth-order valence-corrected chi connectivity index (χ4v) is 3.45. The summed E-state index contributed by atoms with van der Waals surface area (Å²) in [7, 11) is 0. The van der Waals surface area contributed by atoms with Crippen LogP contribution in [-0.4, -0.2) is 26.3 Å². The summed E-state index contributed by atoms with van der Waals surface area (Å²) >= 11 is 0. The number of hydrogen-bond acceptors (Lipinski definition) is 3. The number of nitro groups is 1. The van der Waals surface area contributed by atoms with E-state index in [1.807, 2.05) is 35.4 Å². The normalized spacial score (nSPS) is 12.2. The highest BCUT2D eigenvalue weighted by Gasteiger charge is 2.22. The Hall–Kier alpha value is -3.67. The predicted molar refractivity (Wildman–Crippen MR) is 127 cm³/mol. The van der Waals surface area contributed by atoms with Gasteiger partial charge in [-0.25, -0.2) is 0 Å². The molecule has 1 heterocycles. The van der Waals surface area contributed by atoms with E-state index < -0.39 is 4.92 Å². The van der Waals surface area contributed by atoms with Gasteiger partial charge < -0.3 is 9.47 Å². The van der Waals surface area contributed by atoms with Gasteiger partial charge in [-0.05, 0) is 54.3 Å². The lowest BCUT2D eigenvalue weighted by Crippen LogP contribution is -2.40. The molecule has 0 spiro atoms. The van der Waals surface area contributed by atoms with Crippen LogP contribution >= 0.6 is 0 Å². The van der Waals surface area contributed by atoms with Gasteiger partial charge in [0.2, 0.25) is 5.91 Å². The van der Waals surface area contributed by atoms with Crippen LogP contribution in [0.25, 0.3) is 6.08 Å². The molecule has 2 aromatic carbocycles. The summed E-state index contributed by atoms with van der Waals surface area (Å²) in [5.41, 5.74) is 3.05. The van der Waals surface area contributed by atoms with E-state index >= 15 is 0 Å². The second-order valence-electron chi connectivity index (χ2n) is 8.25. The number of carbonyl (C=O) groups is 1. The van der Waals surface area contributed by atoms with Crippen molar-refractivity contribution >= 4 is 17.7 Å². The minimum absolute atomic E-state index is 0.0303. The average molecular weight is 432 g/mol. The Balaban J connectivity index is 1.78. The Morgan fingerprint density at radius 2 is 1.72 bits per heavy atom. The highest BCUT2D eigenvalue weighted by atomic mass is 16.6. The van der Waals surface area contributed by atoms with Crippen molar-refractivity contribution in [3.63, 3.8) is 0 Å². The third kappa shape index (κ3) is 5.94. The van der Waals surface area contributed by atoms with Crippen LogP contribution in [0.2, 0.25) is 0 Å². The zero-order chi connectivity index (χ0) is 23.1. The quantitative estimate of drug-likeness (QED) is 0.254. The lowest BCUT2D eigenvalue weighted by atomic mass is 10.0. The molecule has 3 rings (SSSR count). The van der Waals surface area contributed by atoms with Crippen LogP contribution in [-0.2, 0) is 17.9 Å². The van der Waals surface area contributed by atoms with E-state index in [0.717, 1.165) is 17.8 Å². The lowest BCUT2D eigenvalue weighted by Gasteiger charge is -2.31. The van der Waals surface area contributed by atoms with Crippen LogP contribution in [0.3, 0.4) is 0 Å². The van der Waals surface area contributed by atoms with Crippen molar-refractivity contribution in [1.82, 2.24) is 9.47 Å². The summed E-state index contributed by atoms with van der Waals surface area (Å²) < 4.78 is 2.17. The van der Waals surface area contributed by atoms with Crippen LogP contribution in [0.5, 0.6) is 0 Å². The summed E-state index contributed by atoms with van der Waals surface area (Å²) in [5, 5.41) is 10.8. The standard InChI is InChI=1S/C26H29N3O3/c1-20(2)21(3)28(26(30)16-13-22-11-14-24(15-12-22)29(31)32)19-25-10-7-17-27(25)18-23-8-5-4-6-9-23/h4-17,20-21H,18-19H2,1-3H3/b16-13+. The molecule has 0 radical (unpaired) electrons. The molecule has 166 valence electrons. The fourth-order valence-electron chi connectivity index (χ4n) is 3.45. The average Bonchev–Trinajstić information content (AvgIpc) is 3.22. The van der Waals surface area contributed by atoms with E-state index in [1.54, 1.807) is 24.3 Å². The third-order valence-electron chi connectivity index (χ3n) is 5.71. The molecule has 1 amide bonds. The summed E-state index contributed by atoms with van der Waals surface area (Å²) in [4.78, 5) is 25.4. The van der Waals surface area contributed by atoms with Gasteiger partial charge in [-0.3, -0.25) is 14.9 Å². The maximum absolute atomic E-state index is 13.2. The number of nitrogens with zero attached hydrogens (tertiary/aromatic N) is 3. The van der Waals surface area contributed by atoms with Crippen LogP contribution in [0.4, 0.5) is 5.69 Å². The van der Waals surface area contributed by atoms with Gasteiger partial charge in [-0.1, -0.05) is 44.2 Å². The van der Waals surface area contributed by atoms with E-state index in [4.69, 9.17) is 0 Å². The molecule has 1 atom stereocenters. The van der Waals surface area contributed by atoms with E-state index in [1.165, 1.54) is 17.7 Å². The van der Waals surface area contributed by atoms with E-state index in [2.05, 4.69) is 43.5 Å².